The first-order valence-electron chi connectivity index (χ1n) is 10.8. The number of aryl methyl sites for hydroxylation is 1. The van der Waals surface area contributed by atoms with Crippen molar-refractivity contribution >= 4 is 17.6 Å². The van der Waals surface area contributed by atoms with Crippen LogP contribution in [0.5, 0.6) is 5.75 Å². The van der Waals surface area contributed by atoms with Crippen LogP contribution in [0.15, 0.2) is 84.1 Å². The van der Waals surface area contributed by atoms with E-state index in [4.69, 9.17) is 9.47 Å². The summed E-state index contributed by atoms with van der Waals surface area (Å²) in [7, 11) is 0. The lowest BCUT2D eigenvalue weighted by molar-refractivity contribution is -0.136. The highest BCUT2D eigenvalue weighted by molar-refractivity contribution is 6.06. The second kappa shape index (κ2) is 8.54. The molecule has 2 heterocycles. The first kappa shape index (κ1) is 20.9. The van der Waals surface area contributed by atoms with Gasteiger partial charge in [-0.1, -0.05) is 48.0 Å². The van der Waals surface area contributed by atoms with Crippen LogP contribution in [0.3, 0.4) is 0 Å². The summed E-state index contributed by atoms with van der Waals surface area (Å²) < 4.78 is 24.8. The van der Waals surface area contributed by atoms with E-state index in [-0.39, 0.29) is 43.2 Å². The van der Waals surface area contributed by atoms with Gasteiger partial charge in [-0.2, -0.15) is 0 Å². The maximum Gasteiger partial charge on any atom is 0.336 e. The summed E-state index contributed by atoms with van der Waals surface area (Å²) in [5.41, 5.74) is 4.24. The number of halogens is 1. The molecule has 0 aliphatic carbocycles. The van der Waals surface area contributed by atoms with E-state index in [1.807, 2.05) is 43.3 Å². The number of ether oxygens (including phenoxy) is 2. The zero-order chi connectivity index (χ0) is 22.9. The molecular formula is C27H22FNO4. The molecule has 3 aromatic carbocycles. The summed E-state index contributed by atoms with van der Waals surface area (Å²) >= 11 is 0. The van der Waals surface area contributed by atoms with E-state index in [1.165, 1.54) is 6.07 Å². The van der Waals surface area contributed by atoms with Gasteiger partial charge in [0, 0.05) is 23.6 Å². The molecule has 2 aliphatic heterocycles. The molecule has 5 nitrogen and oxygen atoms in total. The van der Waals surface area contributed by atoms with Crippen molar-refractivity contribution < 1.29 is 23.5 Å². The number of benzene rings is 3. The Morgan fingerprint density at radius 3 is 2.45 bits per heavy atom. The number of hydrogen-bond donors (Lipinski definition) is 0. The van der Waals surface area contributed by atoms with Gasteiger partial charge in [0.05, 0.1) is 11.3 Å². The number of cyclic esters (lactones) is 1. The molecule has 166 valence electrons. The van der Waals surface area contributed by atoms with E-state index in [1.54, 1.807) is 35.2 Å². The Kier molecular flexibility index (Phi) is 5.42. The van der Waals surface area contributed by atoms with Crippen molar-refractivity contribution in [3.63, 3.8) is 0 Å². The van der Waals surface area contributed by atoms with E-state index >= 15 is 0 Å². The zero-order valence-electron chi connectivity index (χ0n) is 18.1. The lowest BCUT2D eigenvalue weighted by Gasteiger charge is -2.32. The second-order valence-electron chi connectivity index (χ2n) is 8.21. The molecule has 0 saturated carbocycles. The van der Waals surface area contributed by atoms with Gasteiger partial charge in [-0.05, 0) is 42.8 Å². The van der Waals surface area contributed by atoms with Crippen molar-refractivity contribution in [1.29, 1.82) is 0 Å². The number of carbonyl (C=O) groups is 2. The fourth-order valence-electron chi connectivity index (χ4n) is 4.31. The van der Waals surface area contributed by atoms with Gasteiger partial charge in [-0.3, -0.25) is 9.69 Å². The Labute approximate surface area is 191 Å². The molecule has 1 atom stereocenters. The van der Waals surface area contributed by atoms with Crippen LogP contribution in [0.2, 0.25) is 0 Å². The SMILES string of the molecule is Cc1ccc(N2C(=O)CC(c3ccc(OCc4ccccc4F)cc3)C3=C2COC3=O)cc1. The fourth-order valence-corrected chi connectivity index (χ4v) is 4.31. The average molecular weight is 443 g/mol. The van der Waals surface area contributed by atoms with Crippen molar-refractivity contribution in [2.45, 2.75) is 25.9 Å². The Bertz CT molecular complexity index is 1250. The van der Waals surface area contributed by atoms with Gasteiger partial charge in [0.2, 0.25) is 5.91 Å². The van der Waals surface area contributed by atoms with Crippen molar-refractivity contribution in [2.24, 2.45) is 0 Å². The highest BCUT2D eigenvalue weighted by Crippen LogP contribution is 2.42. The van der Waals surface area contributed by atoms with Gasteiger partial charge in [0.25, 0.3) is 0 Å². The van der Waals surface area contributed by atoms with Gasteiger partial charge >= 0.3 is 5.97 Å². The first-order valence-corrected chi connectivity index (χ1v) is 10.8. The summed E-state index contributed by atoms with van der Waals surface area (Å²) in [6.07, 6.45) is 0.164. The second-order valence-corrected chi connectivity index (χ2v) is 8.21. The molecule has 0 bridgehead atoms. The van der Waals surface area contributed by atoms with E-state index < -0.39 is 0 Å². The van der Waals surface area contributed by atoms with Crippen molar-refractivity contribution in [3.05, 3.63) is 107 Å². The molecule has 1 amide bonds. The molecule has 0 N–H and O–H groups in total. The number of amides is 1. The standard InChI is InChI=1S/C27H22FNO4/c1-17-6-10-20(11-7-17)29-24-16-33-27(31)26(24)22(14-25(29)30)18-8-12-21(13-9-18)32-15-19-4-2-3-5-23(19)28/h2-13,22H,14-16H2,1H3. The topological polar surface area (TPSA) is 55.8 Å². The Hall–Kier alpha value is -3.93. The third-order valence-corrected chi connectivity index (χ3v) is 6.04. The van der Waals surface area contributed by atoms with Crippen LogP contribution in [-0.2, 0) is 20.9 Å². The quantitative estimate of drug-likeness (QED) is 0.518. The first-order chi connectivity index (χ1) is 16.0. The van der Waals surface area contributed by atoms with Crippen molar-refractivity contribution in [2.75, 3.05) is 11.5 Å². The summed E-state index contributed by atoms with van der Waals surface area (Å²) in [5, 5.41) is 0. The van der Waals surface area contributed by atoms with Crippen LogP contribution in [0.25, 0.3) is 0 Å². The molecule has 3 aromatic rings. The third kappa shape index (κ3) is 4.00. The predicted octanol–water partition coefficient (Wildman–Crippen LogP) is 5.04. The third-order valence-electron chi connectivity index (χ3n) is 6.04. The Morgan fingerprint density at radius 2 is 1.73 bits per heavy atom. The van der Waals surface area contributed by atoms with Gasteiger partial charge in [0.1, 0.15) is 24.8 Å². The Balaban J connectivity index is 1.40. The predicted molar refractivity (Wildman–Crippen MR) is 121 cm³/mol. The highest BCUT2D eigenvalue weighted by Gasteiger charge is 2.42. The van der Waals surface area contributed by atoms with Crippen molar-refractivity contribution in [3.8, 4) is 5.75 Å². The number of hydrogen-bond acceptors (Lipinski definition) is 4. The smallest absolute Gasteiger partial charge is 0.336 e. The molecule has 2 aliphatic rings. The monoisotopic (exact) mass is 443 g/mol. The van der Waals surface area contributed by atoms with Gasteiger partial charge in [-0.25, -0.2) is 9.18 Å². The van der Waals surface area contributed by atoms with Gasteiger partial charge < -0.3 is 9.47 Å². The van der Waals surface area contributed by atoms with Crippen LogP contribution in [0.4, 0.5) is 10.1 Å². The van der Waals surface area contributed by atoms with E-state index in [2.05, 4.69) is 0 Å². The number of nitrogens with zero attached hydrogens (tertiary/aromatic N) is 1. The van der Waals surface area contributed by atoms with Crippen LogP contribution in [-0.4, -0.2) is 18.5 Å². The molecule has 0 fully saturated rings. The van der Waals surface area contributed by atoms with E-state index in [9.17, 15) is 14.0 Å². The minimum Gasteiger partial charge on any atom is -0.489 e. The van der Waals surface area contributed by atoms with Crippen LogP contribution in [0.1, 0.15) is 29.0 Å². The number of anilines is 1. The normalized spacial score (nSPS) is 17.8. The maximum atomic E-state index is 13.8. The number of carbonyl (C=O) groups excluding carboxylic acids is 2. The molecule has 0 spiro atoms. The maximum absolute atomic E-state index is 13.8. The molecule has 1 unspecified atom stereocenters. The number of esters is 1. The van der Waals surface area contributed by atoms with Crippen LogP contribution < -0.4 is 9.64 Å². The van der Waals surface area contributed by atoms with Crippen LogP contribution >= 0.6 is 0 Å². The lowest BCUT2D eigenvalue weighted by Crippen LogP contribution is -2.37. The summed E-state index contributed by atoms with van der Waals surface area (Å²) in [6, 6.07) is 21.3. The largest absolute Gasteiger partial charge is 0.489 e. The van der Waals surface area contributed by atoms with E-state index in [0.29, 0.717) is 22.6 Å². The van der Waals surface area contributed by atoms with Gasteiger partial charge in [-0.15, -0.1) is 0 Å². The molecule has 0 saturated heterocycles. The van der Waals surface area contributed by atoms with Crippen LogP contribution in [0, 0.1) is 12.7 Å². The molecule has 5 rings (SSSR count). The molecular weight excluding hydrogens is 421 g/mol. The summed E-state index contributed by atoms with van der Waals surface area (Å²) in [6.45, 7) is 2.17. The number of rotatable bonds is 5. The molecule has 6 heteroatoms. The Morgan fingerprint density at radius 1 is 1.00 bits per heavy atom. The fraction of sp³-hybridized carbons (Fsp3) is 0.185. The minimum absolute atomic E-state index is 0.0775. The van der Waals surface area contributed by atoms with Crippen molar-refractivity contribution in [1.82, 2.24) is 0 Å². The zero-order valence-corrected chi connectivity index (χ0v) is 18.1. The minimum atomic E-state index is -0.389. The van der Waals surface area contributed by atoms with Gasteiger partial charge in [0.15, 0.2) is 0 Å². The highest BCUT2D eigenvalue weighted by atomic mass is 19.1. The molecule has 0 aromatic heterocycles. The summed E-state index contributed by atoms with van der Waals surface area (Å²) in [4.78, 5) is 27.3. The summed E-state index contributed by atoms with van der Waals surface area (Å²) in [5.74, 6) is -0.592. The van der Waals surface area contributed by atoms with E-state index in [0.717, 1.165) is 16.8 Å². The molecule has 0 radical (unpaired) electrons. The average Bonchev–Trinajstić information content (AvgIpc) is 3.20. The molecule has 33 heavy (non-hydrogen) atoms. The lowest BCUT2D eigenvalue weighted by atomic mass is 9.84.